The van der Waals surface area contributed by atoms with E-state index in [1.54, 1.807) is 6.07 Å². The highest BCUT2D eigenvalue weighted by Gasteiger charge is 2.10. The molecule has 1 rings (SSSR count). The number of alkyl halides is 2. The van der Waals surface area contributed by atoms with Crippen molar-refractivity contribution < 1.29 is 21.9 Å². The number of rotatable bonds is 4. The fourth-order valence-electron chi connectivity index (χ4n) is 1.12. The molecule has 0 bridgehead atoms. The predicted molar refractivity (Wildman–Crippen MR) is 61.5 cm³/mol. The summed E-state index contributed by atoms with van der Waals surface area (Å²) in [5.74, 6) is -0.0417. The van der Waals surface area contributed by atoms with E-state index >= 15 is 0 Å². The van der Waals surface area contributed by atoms with Crippen LogP contribution in [0, 0.1) is 11.3 Å². The molecular weight excluding hydrogens is 264 g/mol. The molecule has 0 unspecified atom stereocenters. The van der Waals surface area contributed by atoms with Crippen molar-refractivity contribution in [2.45, 2.75) is 6.61 Å². The van der Waals surface area contributed by atoms with E-state index in [1.807, 2.05) is 0 Å². The maximum absolute atomic E-state index is 11.9. The smallest absolute Gasteiger partial charge is 0.387 e. The first-order valence-electron chi connectivity index (χ1n) is 4.69. The van der Waals surface area contributed by atoms with Gasteiger partial charge in [0.1, 0.15) is 16.7 Å². The van der Waals surface area contributed by atoms with Gasteiger partial charge in [-0.1, -0.05) is 12.1 Å². The Bertz CT molecular complexity index is 586. The van der Waals surface area contributed by atoms with E-state index in [4.69, 9.17) is 5.26 Å². The second-order valence-corrected chi connectivity index (χ2v) is 5.32. The highest BCUT2D eigenvalue weighted by atomic mass is 32.2. The number of halogens is 2. The van der Waals surface area contributed by atoms with Crippen molar-refractivity contribution in [2.75, 3.05) is 6.26 Å². The fourth-order valence-corrected chi connectivity index (χ4v) is 1.64. The van der Waals surface area contributed by atoms with Gasteiger partial charge >= 0.3 is 6.61 Å². The first kappa shape index (κ1) is 14.1. The summed E-state index contributed by atoms with van der Waals surface area (Å²) in [6, 6.07) is 6.83. The fraction of sp³-hybridized carbons (Fsp3) is 0.182. The first-order valence-corrected chi connectivity index (χ1v) is 6.59. The Labute approximate surface area is 103 Å². The molecule has 7 heteroatoms. The van der Waals surface area contributed by atoms with Gasteiger partial charge in [-0.05, 0) is 23.8 Å². The Hall–Kier alpha value is -1.94. The van der Waals surface area contributed by atoms with Gasteiger partial charge in [-0.25, -0.2) is 8.42 Å². The zero-order valence-electron chi connectivity index (χ0n) is 9.30. The molecule has 1 aromatic rings. The lowest BCUT2D eigenvalue weighted by Crippen LogP contribution is -2.01. The van der Waals surface area contributed by atoms with Crippen molar-refractivity contribution in [2.24, 2.45) is 0 Å². The number of nitriles is 1. The molecule has 0 aliphatic heterocycles. The van der Waals surface area contributed by atoms with E-state index < -0.39 is 21.4 Å². The summed E-state index contributed by atoms with van der Waals surface area (Å²) >= 11 is 0. The highest BCUT2D eigenvalue weighted by molar-refractivity contribution is 7.95. The van der Waals surface area contributed by atoms with Crippen LogP contribution in [0.2, 0.25) is 0 Å². The van der Waals surface area contributed by atoms with Crippen LogP contribution in [0.4, 0.5) is 8.78 Å². The summed E-state index contributed by atoms with van der Waals surface area (Å²) < 4.78 is 50.2. The van der Waals surface area contributed by atoms with Crippen LogP contribution in [0.3, 0.4) is 0 Å². The molecule has 0 aliphatic rings. The molecule has 0 aromatic heterocycles. The van der Waals surface area contributed by atoms with Crippen LogP contribution < -0.4 is 4.74 Å². The number of hydrogen-bond acceptors (Lipinski definition) is 4. The Balaban J connectivity index is 3.00. The highest BCUT2D eigenvalue weighted by Crippen LogP contribution is 2.17. The van der Waals surface area contributed by atoms with Crippen molar-refractivity contribution in [3.63, 3.8) is 0 Å². The van der Waals surface area contributed by atoms with Gasteiger partial charge in [0, 0.05) is 6.26 Å². The lowest BCUT2D eigenvalue weighted by atomic mass is 10.2. The van der Waals surface area contributed by atoms with E-state index in [-0.39, 0.29) is 5.75 Å². The molecule has 0 fully saturated rings. The average Bonchev–Trinajstić information content (AvgIpc) is 2.25. The second kappa shape index (κ2) is 5.60. The minimum atomic E-state index is -3.59. The third-order valence-electron chi connectivity index (χ3n) is 1.91. The van der Waals surface area contributed by atoms with Crippen LogP contribution in [-0.4, -0.2) is 21.3 Å². The van der Waals surface area contributed by atoms with Crippen LogP contribution in [0.25, 0.3) is 6.08 Å². The molecule has 0 amide bonds. The zero-order chi connectivity index (χ0) is 13.8. The van der Waals surface area contributed by atoms with Crippen LogP contribution >= 0.6 is 0 Å². The summed E-state index contributed by atoms with van der Waals surface area (Å²) in [7, 11) is -3.59. The molecule has 0 heterocycles. The van der Waals surface area contributed by atoms with Crippen LogP contribution in [0.1, 0.15) is 5.56 Å². The monoisotopic (exact) mass is 273 g/mol. The number of nitrogens with zero attached hydrogens (tertiary/aromatic N) is 1. The van der Waals surface area contributed by atoms with Gasteiger partial charge in [0.05, 0.1) is 0 Å². The largest absolute Gasteiger partial charge is 0.435 e. The Morgan fingerprint density at radius 1 is 1.39 bits per heavy atom. The van der Waals surface area contributed by atoms with E-state index in [0.29, 0.717) is 5.56 Å². The van der Waals surface area contributed by atoms with Crippen molar-refractivity contribution in [1.29, 1.82) is 5.26 Å². The standard InChI is InChI=1S/C11H9F2NO3S/c1-18(15,16)10(7-14)6-8-2-4-9(5-3-8)17-11(12)13/h2-6,11H,1H3. The van der Waals surface area contributed by atoms with Crippen molar-refractivity contribution in [3.05, 3.63) is 34.7 Å². The quantitative estimate of drug-likeness (QED) is 0.789. The zero-order valence-corrected chi connectivity index (χ0v) is 10.1. The van der Waals surface area contributed by atoms with Crippen molar-refractivity contribution in [1.82, 2.24) is 0 Å². The molecule has 1 aromatic carbocycles. The number of hydrogen-bond donors (Lipinski definition) is 0. The normalized spacial score (nSPS) is 12.3. The van der Waals surface area contributed by atoms with Crippen LogP contribution in [-0.2, 0) is 9.84 Å². The molecule has 0 aliphatic carbocycles. The molecule has 0 saturated heterocycles. The molecule has 96 valence electrons. The lowest BCUT2D eigenvalue weighted by molar-refractivity contribution is -0.0498. The molecule has 0 saturated carbocycles. The van der Waals surface area contributed by atoms with E-state index in [0.717, 1.165) is 12.3 Å². The Morgan fingerprint density at radius 2 is 1.94 bits per heavy atom. The van der Waals surface area contributed by atoms with Gasteiger partial charge in [-0.15, -0.1) is 0 Å². The van der Waals surface area contributed by atoms with E-state index in [2.05, 4.69) is 4.74 Å². The number of allylic oxidation sites excluding steroid dienone is 1. The van der Waals surface area contributed by atoms with Crippen LogP contribution in [0.5, 0.6) is 5.75 Å². The van der Waals surface area contributed by atoms with Crippen molar-refractivity contribution in [3.8, 4) is 11.8 Å². The third-order valence-corrected chi connectivity index (χ3v) is 2.92. The number of ether oxygens (including phenoxy) is 1. The minimum absolute atomic E-state index is 0.0417. The SMILES string of the molecule is CS(=O)(=O)C(C#N)=Cc1ccc(OC(F)F)cc1. The molecular formula is C11H9F2NO3S. The maximum Gasteiger partial charge on any atom is 0.387 e. The lowest BCUT2D eigenvalue weighted by Gasteiger charge is -2.04. The van der Waals surface area contributed by atoms with Crippen molar-refractivity contribution >= 4 is 15.9 Å². The van der Waals surface area contributed by atoms with E-state index in [1.165, 1.54) is 24.3 Å². The maximum atomic E-state index is 11.9. The van der Waals surface area contributed by atoms with Gasteiger partial charge < -0.3 is 4.74 Å². The molecule has 18 heavy (non-hydrogen) atoms. The minimum Gasteiger partial charge on any atom is -0.435 e. The number of sulfone groups is 1. The molecule has 4 nitrogen and oxygen atoms in total. The summed E-state index contributed by atoms with van der Waals surface area (Å²) in [6.45, 7) is -2.92. The molecule has 0 N–H and O–H groups in total. The van der Waals surface area contributed by atoms with Gasteiger partial charge in [0.15, 0.2) is 9.84 Å². The van der Waals surface area contributed by atoms with Gasteiger partial charge in [0.25, 0.3) is 0 Å². The van der Waals surface area contributed by atoms with E-state index in [9.17, 15) is 17.2 Å². The van der Waals surface area contributed by atoms with Gasteiger partial charge in [0.2, 0.25) is 0 Å². The topological polar surface area (TPSA) is 67.2 Å². The number of benzene rings is 1. The summed E-state index contributed by atoms with van der Waals surface area (Å²) in [6.07, 6.45) is 2.07. The molecule has 0 radical (unpaired) electrons. The third kappa shape index (κ3) is 4.14. The van der Waals surface area contributed by atoms with Gasteiger partial charge in [-0.2, -0.15) is 14.0 Å². The summed E-state index contributed by atoms with van der Waals surface area (Å²) in [5, 5.41) is 8.68. The first-order chi connectivity index (χ1) is 8.32. The Kier molecular flexibility index (Phi) is 4.39. The summed E-state index contributed by atoms with van der Waals surface area (Å²) in [4.78, 5) is -0.398. The average molecular weight is 273 g/mol. The second-order valence-electron chi connectivity index (χ2n) is 3.34. The van der Waals surface area contributed by atoms with Crippen LogP contribution in [0.15, 0.2) is 29.2 Å². The predicted octanol–water partition coefficient (Wildman–Crippen LogP) is 2.20. The summed E-state index contributed by atoms with van der Waals surface area (Å²) in [5.41, 5.74) is 0.401. The Morgan fingerprint density at radius 3 is 2.33 bits per heavy atom. The molecule has 0 spiro atoms. The molecule has 0 atom stereocenters. The van der Waals surface area contributed by atoms with Gasteiger partial charge in [-0.3, -0.25) is 0 Å².